The van der Waals surface area contributed by atoms with Crippen LogP contribution in [-0.2, 0) is 11.0 Å². The standard InChI is InChI=1S/C14H22F2O2Si/c1-14(2,3)13(18-19(4)5)10-7-6-9(8-17)11(15)12(10)16/h6-7,13,17,19H,8H2,1-5H3. The summed E-state index contributed by atoms with van der Waals surface area (Å²) in [6.45, 7) is 9.29. The van der Waals surface area contributed by atoms with Crippen LogP contribution < -0.4 is 0 Å². The molecule has 0 aliphatic heterocycles. The van der Waals surface area contributed by atoms with Crippen LogP contribution in [-0.4, -0.2) is 14.1 Å². The highest BCUT2D eigenvalue weighted by molar-refractivity contribution is 6.48. The van der Waals surface area contributed by atoms with Crippen LogP contribution in [0.1, 0.15) is 38.0 Å². The van der Waals surface area contributed by atoms with Gasteiger partial charge in [-0.2, -0.15) is 0 Å². The number of halogens is 2. The zero-order valence-electron chi connectivity index (χ0n) is 12.1. The molecule has 0 radical (unpaired) electrons. The molecule has 0 saturated heterocycles. The molecule has 0 aromatic heterocycles. The maximum atomic E-state index is 14.1. The topological polar surface area (TPSA) is 29.5 Å². The summed E-state index contributed by atoms with van der Waals surface area (Å²) in [7, 11) is -1.39. The molecular formula is C14H22F2O2Si. The summed E-state index contributed by atoms with van der Waals surface area (Å²) in [6, 6.07) is 2.92. The normalized spacial score (nSPS) is 13.9. The van der Waals surface area contributed by atoms with E-state index in [-0.39, 0.29) is 16.5 Å². The van der Waals surface area contributed by atoms with E-state index < -0.39 is 33.4 Å². The van der Waals surface area contributed by atoms with Crippen molar-refractivity contribution in [3.8, 4) is 0 Å². The van der Waals surface area contributed by atoms with Crippen molar-refractivity contribution in [2.45, 2.75) is 46.6 Å². The summed E-state index contributed by atoms with van der Waals surface area (Å²) in [5, 5.41) is 8.95. The van der Waals surface area contributed by atoms with E-state index >= 15 is 0 Å². The van der Waals surface area contributed by atoms with Crippen LogP contribution in [0.2, 0.25) is 13.1 Å². The number of hydrogen-bond donors (Lipinski definition) is 1. The Hall–Kier alpha value is -0.783. The molecule has 1 aromatic rings. The van der Waals surface area contributed by atoms with Crippen LogP contribution in [0, 0.1) is 17.0 Å². The summed E-state index contributed by atoms with van der Waals surface area (Å²) in [5.74, 6) is -1.90. The van der Waals surface area contributed by atoms with E-state index in [0.717, 1.165) is 0 Å². The van der Waals surface area contributed by atoms with Crippen molar-refractivity contribution in [2.75, 3.05) is 0 Å². The first-order chi connectivity index (χ1) is 8.68. The first kappa shape index (κ1) is 16.3. The average Bonchev–Trinajstić information content (AvgIpc) is 2.28. The lowest BCUT2D eigenvalue weighted by Crippen LogP contribution is -2.27. The van der Waals surface area contributed by atoms with Gasteiger partial charge in [0.1, 0.15) is 0 Å². The Morgan fingerprint density at radius 3 is 2.21 bits per heavy atom. The molecule has 0 fully saturated rings. The summed E-state index contributed by atoms with van der Waals surface area (Å²) in [5.41, 5.74) is -0.134. The highest BCUT2D eigenvalue weighted by Crippen LogP contribution is 2.38. The minimum Gasteiger partial charge on any atom is -0.413 e. The van der Waals surface area contributed by atoms with Gasteiger partial charge in [0.15, 0.2) is 20.7 Å². The van der Waals surface area contributed by atoms with E-state index in [4.69, 9.17) is 9.53 Å². The molecule has 1 rings (SSSR count). The quantitative estimate of drug-likeness (QED) is 0.859. The number of hydrogen-bond acceptors (Lipinski definition) is 2. The van der Waals surface area contributed by atoms with E-state index in [2.05, 4.69) is 0 Å². The third kappa shape index (κ3) is 3.84. The van der Waals surface area contributed by atoms with Crippen molar-refractivity contribution in [3.05, 3.63) is 34.9 Å². The summed E-state index contributed by atoms with van der Waals surface area (Å²) < 4.78 is 33.8. The van der Waals surface area contributed by atoms with E-state index in [1.807, 2.05) is 33.9 Å². The monoisotopic (exact) mass is 288 g/mol. The third-order valence-corrected chi connectivity index (χ3v) is 3.66. The smallest absolute Gasteiger partial charge is 0.171 e. The number of aliphatic hydroxyl groups is 1. The van der Waals surface area contributed by atoms with Gasteiger partial charge in [-0.25, -0.2) is 8.78 Å². The van der Waals surface area contributed by atoms with Crippen LogP contribution in [0.15, 0.2) is 12.1 Å². The van der Waals surface area contributed by atoms with E-state index in [1.165, 1.54) is 12.1 Å². The second-order valence-electron chi connectivity index (χ2n) is 6.03. The number of aliphatic hydroxyl groups excluding tert-OH is 1. The molecule has 0 bridgehead atoms. The Morgan fingerprint density at radius 2 is 1.79 bits per heavy atom. The lowest BCUT2D eigenvalue weighted by Gasteiger charge is -2.33. The number of benzene rings is 1. The van der Waals surface area contributed by atoms with Gasteiger partial charge in [0.2, 0.25) is 0 Å². The van der Waals surface area contributed by atoms with Crippen molar-refractivity contribution >= 4 is 9.04 Å². The van der Waals surface area contributed by atoms with Crippen molar-refractivity contribution < 1.29 is 18.3 Å². The second-order valence-corrected chi connectivity index (χ2v) is 8.40. The predicted molar refractivity (Wildman–Crippen MR) is 74.4 cm³/mol. The van der Waals surface area contributed by atoms with Gasteiger partial charge in [0.05, 0.1) is 12.7 Å². The predicted octanol–water partition coefficient (Wildman–Crippen LogP) is 3.54. The van der Waals surface area contributed by atoms with E-state index in [0.29, 0.717) is 0 Å². The van der Waals surface area contributed by atoms with Crippen molar-refractivity contribution in [1.29, 1.82) is 0 Å². The van der Waals surface area contributed by atoms with Gasteiger partial charge < -0.3 is 9.53 Å². The minimum atomic E-state index is -1.39. The molecule has 0 aliphatic rings. The fourth-order valence-electron chi connectivity index (χ4n) is 1.95. The maximum absolute atomic E-state index is 14.1. The summed E-state index contributed by atoms with van der Waals surface area (Å²) in [4.78, 5) is 0. The van der Waals surface area contributed by atoms with E-state index in [1.54, 1.807) is 0 Å². The van der Waals surface area contributed by atoms with Gasteiger partial charge in [0, 0.05) is 11.1 Å². The first-order valence-electron chi connectivity index (χ1n) is 6.41. The van der Waals surface area contributed by atoms with Crippen LogP contribution in [0.5, 0.6) is 0 Å². The molecule has 1 N–H and O–H groups in total. The molecule has 0 aliphatic carbocycles. The Balaban J connectivity index is 3.28. The Bertz CT molecular complexity index is 442. The second kappa shape index (κ2) is 6.11. The highest BCUT2D eigenvalue weighted by atomic mass is 28.3. The van der Waals surface area contributed by atoms with Gasteiger partial charge in [-0.05, 0) is 18.5 Å². The molecule has 0 saturated carbocycles. The molecule has 5 heteroatoms. The lowest BCUT2D eigenvalue weighted by atomic mass is 9.84. The minimum absolute atomic E-state index is 0.0318. The maximum Gasteiger partial charge on any atom is 0.171 e. The van der Waals surface area contributed by atoms with Gasteiger partial charge >= 0.3 is 0 Å². The van der Waals surface area contributed by atoms with Gasteiger partial charge in [-0.15, -0.1) is 0 Å². The zero-order valence-corrected chi connectivity index (χ0v) is 13.3. The fraction of sp³-hybridized carbons (Fsp3) is 0.571. The largest absolute Gasteiger partial charge is 0.413 e. The van der Waals surface area contributed by atoms with Gasteiger partial charge in [-0.1, -0.05) is 32.9 Å². The molecule has 0 amide bonds. The fourth-order valence-corrected chi connectivity index (χ4v) is 3.04. The summed E-state index contributed by atoms with van der Waals surface area (Å²) >= 11 is 0. The van der Waals surface area contributed by atoms with Gasteiger partial charge in [0.25, 0.3) is 0 Å². The Kier molecular flexibility index (Phi) is 5.23. The number of rotatable bonds is 4. The Labute approximate surface area is 115 Å². The van der Waals surface area contributed by atoms with Crippen molar-refractivity contribution in [2.24, 2.45) is 5.41 Å². The van der Waals surface area contributed by atoms with Crippen LogP contribution in [0.3, 0.4) is 0 Å². The van der Waals surface area contributed by atoms with Crippen molar-refractivity contribution in [3.63, 3.8) is 0 Å². The molecule has 1 aromatic carbocycles. The average molecular weight is 288 g/mol. The molecule has 1 atom stereocenters. The van der Waals surface area contributed by atoms with Crippen LogP contribution >= 0.6 is 0 Å². The molecule has 2 nitrogen and oxygen atoms in total. The highest BCUT2D eigenvalue weighted by Gasteiger charge is 2.31. The molecule has 19 heavy (non-hydrogen) atoms. The van der Waals surface area contributed by atoms with Crippen molar-refractivity contribution in [1.82, 2.24) is 0 Å². The van der Waals surface area contributed by atoms with Crippen LogP contribution in [0.4, 0.5) is 8.78 Å². The first-order valence-corrected chi connectivity index (χ1v) is 9.19. The Morgan fingerprint density at radius 1 is 1.21 bits per heavy atom. The van der Waals surface area contributed by atoms with E-state index in [9.17, 15) is 8.78 Å². The SMILES string of the molecule is C[SiH](C)OC(c1ccc(CO)c(F)c1F)C(C)(C)C. The lowest BCUT2D eigenvalue weighted by molar-refractivity contribution is 0.0823. The molecule has 1 unspecified atom stereocenters. The molecular weight excluding hydrogens is 266 g/mol. The summed E-state index contributed by atoms with van der Waals surface area (Å²) in [6.07, 6.45) is -0.485. The van der Waals surface area contributed by atoms with Gasteiger partial charge in [-0.3, -0.25) is 0 Å². The molecule has 0 spiro atoms. The molecule has 0 heterocycles. The molecule has 108 valence electrons. The zero-order chi connectivity index (χ0) is 14.8. The third-order valence-electron chi connectivity index (χ3n) is 2.84. The van der Waals surface area contributed by atoms with Crippen LogP contribution in [0.25, 0.3) is 0 Å².